The maximum Gasteiger partial charge on any atom is 0.333 e. The lowest BCUT2D eigenvalue weighted by atomic mass is 10.2. The Morgan fingerprint density at radius 1 is 0.600 bits per heavy atom. The summed E-state index contributed by atoms with van der Waals surface area (Å²) < 4.78 is 34.9. The van der Waals surface area contributed by atoms with Crippen LogP contribution >= 0.6 is 7.60 Å². The van der Waals surface area contributed by atoms with Gasteiger partial charge in [0.2, 0.25) is 0 Å². The molecule has 0 bridgehead atoms. The van der Waals surface area contributed by atoms with E-state index in [0.717, 1.165) is 70.6 Å². The molecule has 0 saturated heterocycles. The van der Waals surface area contributed by atoms with E-state index in [9.17, 15) is 14.2 Å². The SMILES string of the molecule is C=C(C)C(=O)OCCCCCCOP(=O)(CCCCCCC)OCCCCCCOC(=O)C(=C)C. The Balaban J connectivity index is 4.13. The normalized spacial score (nSPS) is 11.3. The van der Waals surface area contributed by atoms with Crippen molar-refractivity contribution in [3.8, 4) is 0 Å². The minimum absolute atomic E-state index is 0.350. The smallest absolute Gasteiger partial charge is 0.333 e. The summed E-state index contributed by atoms with van der Waals surface area (Å²) in [7, 11) is -3.10. The third-order valence-electron chi connectivity index (χ3n) is 5.35. The van der Waals surface area contributed by atoms with E-state index in [-0.39, 0.29) is 11.9 Å². The summed E-state index contributed by atoms with van der Waals surface area (Å²) in [4.78, 5) is 22.7. The minimum atomic E-state index is -3.10. The van der Waals surface area contributed by atoms with E-state index < -0.39 is 7.60 Å². The van der Waals surface area contributed by atoms with E-state index in [1.54, 1.807) is 13.8 Å². The molecular formula is C27H49O7P. The van der Waals surface area contributed by atoms with Crippen molar-refractivity contribution in [2.75, 3.05) is 32.6 Å². The van der Waals surface area contributed by atoms with Crippen molar-refractivity contribution in [2.24, 2.45) is 0 Å². The van der Waals surface area contributed by atoms with Gasteiger partial charge in [-0.2, -0.15) is 0 Å². The first-order chi connectivity index (χ1) is 16.7. The van der Waals surface area contributed by atoms with Crippen LogP contribution in [0.3, 0.4) is 0 Å². The lowest BCUT2D eigenvalue weighted by Gasteiger charge is -2.19. The molecule has 0 heterocycles. The van der Waals surface area contributed by atoms with Crippen molar-refractivity contribution in [3.63, 3.8) is 0 Å². The molecule has 0 atom stereocenters. The number of esters is 2. The van der Waals surface area contributed by atoms with Gasteiger partial charge in [-0.15, -0.1) is 0 Å². The van der Waals surface area contributed by atoms with E-state index in [2.05, 4.69) is 20.1 Å². The van der Waals surface area contributed by atoms with Gasteiger partial charge < -0.3 is 18.5 Å². The average Bonchev–Trinajstić information content (AvgIpc) is 2.81. The van der Waals surface area contributed by atoms with Crippen LogP contribution in [0.5, 0.6) is 0 Å². The number of carbonyl (C=O) groups excluding carboxylic acids is 2. The van der Waals surface area contributed by atoms with Gasteiger partial charge in [-0.3, -0.25) is 4.57 Å². The molecule has 0 aromatic carbocycles. The second kappa shape index (κ2) is 21.8. The van der Waals surface area contributed by atoms with Crippen LogP contribution in [0, 0.1) is 0 Å². The van der Waals surface area contributed by atoms with E-state index in [0.29, 0.717) is 43.7 Å². The first kappa shape index (κ1) is 33.6. The molecule has 0 N–H and O–H groups in total. The van der Waals surface area contributed by atoms with Gasteiger partial charge in [0.15, 0.2) is 0 Å². The maximum atomic E-state index is 13.2. The van der Waals surface area contributed by atoms with E-state index in [1.165, 1.54) is 12.8 Å². The quantitative estimate of drug-likeness (QED) is 0.0566. The highest BCUT2D eigenvalue weighted by atomic mass is 31.2. The van der Waals surface area contributed by atoms with E-state index >= 15 is 0 Å². The summed E-state index contributed by atoms with van der Waals surface area (Å²) in [6.45, 7) is 14.2. The first-order valence-corrected chi connectivity index (χ1v) is 15.0. The zero-order chi connectivity index (χ0) is 26.4. The van der Waals surface area contributed by atoms with Gasteiger partial charge in [-0.05, 0) is 58.8 Å². The zero-order valence-electron chi connectivity index (χ0n) is 22.4. The number of unbranched alkanes of at least 4 members (excludes halogenated alkanes) is 10. The number of ether oxygens (including phenoxy) is 2. The van der Waals surface area contributed by atoms with Gasteiger partial charge in [0.25, 0.3) is 0 Å². The van der Waals surface area contributed by atoms with Gasteiger partial charge in [-0.25, -0.2) is 9.59 Å². The summed E-state index contributed by atoms with van der Waals surface area (Å²) >= 11 is 0. The molecular weight excluding hydrogens is 467 g/mol. The Kier molecular flexibility index (Phi) is 20.9. The summed E-state index contributed by atoms with van der Waals surface area (Å²) in [5, 5.41) is 0. The highest BCUT2D eigenvalue weighted by molar-refractivity contribution is 7.53. The summed E-state index contributed by atoms with van der Waals surface area (Å²) in [6, 6.07) is 0. The molecule has 204 valence electrons. The molecule has 0 rings (SSSR count). The monoisotopic (exact) mass is 516 g/mol. The summed E-state index contributed by atoms with van der Waals surface area (Å²) in [5.41, 5.74) is 0.820. The Morgan fingerprint density at radius 2 is 0.971 bits per heavy atom. The third-order valence-corrected chi connectivity index (χ3v) is 7.37. The fourth-order valence-corrected chi connectivity index (χ4v) is 4.93. The van der Waals surface area contributed by atoms with Crippen molar-refractivity contribution < 1.29 is 32.7 Å². The topological polar surface area (TPSA) is 88.1 Å². The lowest BCUT2D eigenvalue weighted by Crippen LogP contribution is -2.06. The number of carbonyl (C=O) groups is 2. The van der Waals surface area contributed by atoms with Crippen LogP contribution in [0.15, 0.2) is 24.3 Å². The minimum Gasteiger partial charge on any atom is -0.462 e. The van der Waals surface area contributed by atoms with Crippen molar-refractivity contribution in [3.05, 3.63) is 24.3 Å². The van der Waals surface area contributed by atoms with Crippen LogP contribution in [-0.4, -0.2) is 44.5 Å². The van der Waals surface area contributed by atoms with E-state index in [1.807, 2.05) is 0 Å². The molecule has 8 heteroatoms. The fraction of sp³-hybridized carbons (Fsp3) is 0.778. The predicted molar refractivity (Wildman–Crippen MR) is 142 cm³/mol. The molecule has 0 spiro atoms. The molecule has 0 radical (unpaired) electrons. The molecule has 0 unspecified atom stereocenters. The highest BCUT2D eigenvalue weighted by Gasteiger charge is 2.23. The third kappa shape index (κ3) is 20.5. The molecule has 0 aliphatic heterocycles. The molecule has 0 aliphatic rings. The Morgan fingerprint density at radius 3 is 1.37 bits per heavy atom. The second-order valence-electron chi connectivity index (χ2n) is 9.08. The molecule has 0 aromatic heterocycles. The molecule has 35 heavy (non-hydrogen) atoms. The zero-order valence-corrected chi connectivity index (χ0v) is 23.3. The van der Waals surface area contributed by atoms with Crippen molar-refractivity contribution in [1.29, 1.82) is 0 Å². The Hall–Kier alpha value is -1.43. The van der Waals surface area contributed by atoms with E-state index in [4.69, 9.17) is 18.5 Å². The Labute approximate surface area is 213 Å². The Bertz CT molecular complexity index is 614. The van der Waals surface area contributed by atoms with Crippen LogP contribution in [0.1, 0.15) is 104 Å². The summed E-state index contributed by atoms with van der Waals surface area (Å²) in [6.07, 6.45) is 12.7. The van der Waals surface area contributed by atoms with Crippen molar-refractivity contribution >= 4 is 19.5 Å². The standard InChI is InChI=1S/C27H49O7P/c1-6-7-8-13-18-23-35(30,33-21-16-11-9-14-19-31-26(28)24(2)3)34-22-17-12-10-15-20-32-27(29)25(4)5/h2,4,6-23H2,1,3,5H3. The van der Waals surface area contributed by atoms with Crippen molar-refractivity contribution in [2.45, 2.75) is 104 Å². The van der Waals surface area contributed by atoms with Crippen LogP contribution < -0.4 is 0 Å². The number of hydrogen-bond donors (Lipinski definition) is 0. The molecule has 0 saturated carbocycles. The van der Waals surface area contributed by atoms with Gasteiger partial charge in [-0.1, -0.05) is 58.6 Å². The van der Waals surface area contributed by atoms with Gasteiger partial charge in [0, 0.05) is 11.1 Å². The maximum absolute atomic E-state index is 13.2. The molecule has 0 aliphatic carbocycles. The van der Waals surface area contributed by atoms with Crippen molar-refractivity contribution in [1.82, 2.24) is 0 Å². The van der Waals surface area contributed by atoms with Gasteiger partial charge >= 0.3 is 19.5 Å². The van der Waals surface area contributed by atoms with Gasteiger partial charge in [0.1, 0.15) is 0 Å². The van der Waals surface area contributed by atoms with Gasteiger partial charge in [0.05, 0.1) is 32.6 Å². The molecule has 0 aromatic rings. The van der Waals surface area contributed by atoms with Crippen LogP contribution in [0.2, 0.25) is 0 Å². The molecule has 0 amide bonds. The largest absolute Gasteiger partial charge is 0.462 e. The second-order valence-corrected chi connectivity index (χ2v) is 11.3. The predicted octanol–water partition coefficient (Wildman–Crippen LogP) is 7.54. The average molecular weight is 517 g/mol. The summed E-state index contributed by atoms with van der Waals surface area (Å²) in [5.74, 6) is -0.701. The molecule has 7 nitrogen and oxygen atoms in total. The van der Waals surface area contributed by atoms with Crippen LogP contribution in [0.25, 0.3) is 0 Å². The van der Waals surface area contributed by atoms with Crippen LogP contribution in [0.4, 0.5) is 0 Å². The first-order valence-electron chi connectivity index (χ1n) is 13.2. The lowest BCUT2D eigenvalue weighted by molar-refractivity contribution is -0.139. The number of rotatable bonds is 24. The molecule has 0 fully saturated rings. The fourth-order valence-electron chi connectivity index (χ4n) is 3.17. The van der Waals surface area contributed by atoms with Crippen LogP contribution in [-0.2, 0) is 32.7 Å². The number of hydrogen-bond acceptors (Lipinski definition) is 7. The highest BCUT2D eigenvalue weighted by Crippen LogP contribution is 2.49.